The molecule has 27 heavy (non-hydrogen) atoms. The van der Waals surface area contributed by atoms with E-state index >= 15 is 0 Å². The van der Waals surface area contributed by atoms with Crippen LogP contribution in [0, 0.1) is 5.82 Å². The van der Waals surface area contributed by atoms with Crippen molar-refractivity contribution in [2.24, 2.45) is 0 Å². The maximum Gasteiger partial charge on any atom is 0.434 e. The number of H-pyrrole nitrogens is 1. The van der Waals surface area contributed by atoms with Gasteiger partial charge < -0.3 is 15.1 Å². The van der Waals surface area contributed by atoms with E-state index < -0.39 is 41.2 Å². The minimum atomic E-state index is -4.99. The van der Waals surface area contributed by atoms with Gasteiger partial charge in [-0.2, -0.15) is 13.2 Å². The summed E-state index contributed by atoms with van der Waals surface area (Å²) in [5.74, 6) is -2.89. The van der Waals surface area contributed by atoms with Crippen LogP contribution in [-0.4, -0.2) is 35.5 Å². The van der Waals surface area contributed by atoms with Crippen LogP contribution in [0.15, 0.2) is 21.3 Å². The molecule has 3 rings (SSSR count). The number of rotatable bonds is 4. The lowest BCUT2D eigenvalue weighted by atomic mass is 9.94. The average Bonchev–Trinajstić information content (AvgIpc) is 2.98. The van der Waals surface area contributed by atoms with E-state index in [1.807, 2.05) is 5.10 Å². The molecule has 0 aliphatic carbocycles. The second-order valence-corrected chi connectivity index (χ2v) is 6.05. The molecule has 150 valence electrons. The van der Waals surface area contributed by atoms with Gasteiger partial charge in [0, 0.05) is 12.1 Å². The summed E-state index contributed by atoms with van der Waals surface area (Å²) in [6.45, 7) is 0.388. The Kier molecular flexibility index (Phi) is 6.15. The van der Waals surface area contributed by atoms with Crippen molar-refractivity contribution in [1.29, 1.82) is 0 Å². The van der Waals surface area contributed by atoms with Gasteiger partial charge in [0.15, 0.2) is 0 Å². The van der Waals surface area contributed by atoms with Gasteiger partial charge in [0.25, 0.3) is 0 Å². The molecule has 0 unspecified atom stereocenters. The first-order valence-corrected chi connectivity index (χ1v) is 7.78. The highest BCUT2D eigenvalue weighted by atomic mass is 35.5. The van der Waals surface area contributed by atoms with Crippen molar-refractivity contribution in [3.63, 3.8) is 0 Å². The highest BCUT2D eigenvalue weighted by molar-refractivity contribution is 5.85. The number of aromatic nitrogens is 2. The van der Waals surface area contributed by atoms with Crippen LogP contribution in [0.1, 0.15) is 18.4 Å². The number of benzene rings is 1. The zero-order chi connectivity index (χ0) is 18.9. The maximum absolute atomic E-state index is 14.7. The molecule has 1 fully saturated rings. The van der Waals surface area contributed by atoms with Crippen LogP contribution < -0.4 is 16.4 Å². The average molecular weight is 415 g/mol. The largest absolute Gasteiger partial charge is 0.434 e. The number of anilines is 1. The van der Waals surface area contributed by atoms with Crippen molar-refractivity contribution in [3.05, 3.63) is 34.1 Å². The molecule has 3 N–H and O–H groups in total. The third-order valence-electron chi connectivity index (χ3n) is 4.15. The van der Waals surface area contributed by atoms with Crippen molar-refractivity contribution in [2.45, 2.75) is 24.7 Å². The van der Waals surface area contributed by atoms with Crippen LogP contribution in [0.5, 0.6) is 0 Å². The van der Waals surface area contributed by atoms with Crippen molar-refractivity contribution in [3.8, 4) is 11.5 Å². The normalized spacial score (nSPS) is 16.6. The molecule has 1 aromatic carbocycles. The summed E-state index contributed by atoms with van der Waals surface area (Å²) in [5, 5.41) is 10.7. The van der Waals surface area contributed by atoms with Crippen LogP contribution in [0.4, 0.5) is 27.6 Å². The molecule has 0 bridgehead atoms. The lowest BCUT2D eigenvalue weighted by molar-refractivity contribution is -0.139. The van der Waals surface area contributed by atoms with E-state index in [-0.39, 0.29) is 36.7 Å². The molecule has 1 saturated heterocycles. The third-order valence-corrected chi connectivity index (χ3v) is 4.15. The molecule has 12 heteroatoms. The molecule has 1 aliphatic heterocycles. The number of halogens is 6. The Balaban J connectivity index is 0.00000261. The predicted molar refractivity (Wildman–Crippen MR) is 89.2 cm³/mol. The van der Waals surface area contributed by atoms with E-state index in [0.717, 1.165) is 6.07 Å². The van der Waals surface area contributed by atoms with Crippen molar-refractivity contribution in [1.82, 2.24) is 15.5 Å². The van der Waals surface area contributed by atoms with Crippen LogP contribution in [0.3, 0.4) is 0 Å². The number of hydrogen-bond donors (Lipinski definition) is 3. The fourth-order valence-corrected chi connectivity index (χ4v) is 2.82. The second-order valence-electron chi connectivity index (χ2n) is 6.05. The lowest BCUT2D eigenvalue weighted by Crippen LogP contribution is -2.43. The number of nitrogens with zero attached hydrogens (tertiary/aromatic N) is 1. The summed E-state index contributed by atoms with van der Waals surface area (Å²) >= 11 is 0. The van der Waals surface area contributed by atoms with E-state index in [0.29, 0.717) is 19.2 Å². The topological polar surface area (TPSA) is 83.0 Å². The predicted octanol–water partition coefficient (Wildman–Crippen LogP) is 3.11. The first kappa shape index (κ1) is 21.2. The Hall–Kier alpha value is -2.14. The van der Waals surface area contributed by atoms with Gasteiger partial charge in [-0.3, -0.25) is 0 Å². The summed E-state index contributed by atoms with van der Waals surface area (Å²) in [6.07, 6.45) is -4.75. The number of aromatic amines is 1. The zero-order valence-corrected chi connectivity index (χ0v) is 14.6. The van der Waals surface area contributed by atoms with Crippen molar-refractivity contribution in [2.75, 3.05) is 25.0 Å². The Morgan fingerprint density at radius 2 is 1.93 bits per heavy atom. The quantitative estimate of drug-likeness (QED) is 0.670. The summed E-state index contributed by atoms with van der Waals surface area (Å²) in [4.78, 5) is 11.0. The van der Waals surface area contributed by atoms with Gasteiger partial charge in [0.1, 0.15) is 17.0 Å². The Bertz CT molecular complexity index is 845. The molecule has 0 radical (unpaired) electrons. The molecule has 0 spiro atoms. The fraction of sp³-hybridized carbons (Fsp3) is 0.467. The van der Waals surface area contributed by atoms with E-state index in [1.165, 1.54) is 0 Å². The third kappa shape index (κ3) is 4.78. The van der Waals surface area contributed by atoms with Gasteiger partial charge in [-0.05, 0) is 38.1 Å². The standard InChI is InChI=1S/C15H15F5N4O2.ClH/c16-9-5-8(12-23-24-13(25)26-12)6-10(11(9)15(18,19)20)22-7-14(17)1-3-21-4-2-14;/h5-6,21-22H,1-4,7H2,(H,24,25);1H. The Morgan fingerprint density at radius 1 is 1.26 bits per heavy atom. The highest BCUT2D eigenvalue weighted by Gasteiger charge is 2.39. The van der Waals surface area contributed by atoms with Crippen LogP contribution in [-0.2, 0) is 6.18 Å². The van der Waals surface area contributed by atoms with Crippen molar-refractivity contribution >= 4 is 18.1 Å². The lowest BCUT2D eigenvalue weighted by Gasteiger charge is -2.31. The number of hydrogen-bond acceptors (Lipinski definition) is 5. The van der Waals surface area contributed by atoms with Gasteiger partial charge in [-0.1, -0.05) is 0 Å². The second kappa shape index (κ2) is 7.85. The fourth-order valence-electron chi connectivity index (χ4n) is 2.82. The van der Waals surface area contributed by atoms with Crippen LogP contribution in [0.25, 0.3) is 11.5 Å². The summed E-state index contributed by atoms with van der Waals surface area (Å²) in [6, 6.07) is 1.48. The van der Waals surface area contributed by atoms with Gasteiger partial charge >= 0.3 is 11.9 Å². The molecule has 0 atom stereocenters. The molecule has 1 aliphatic rings. The number of nitrogens with one attached hydrogen (secondary N) is 3. The van der Waals surface area contributed by atoms with E-state index in [1.54, 1.807) is 0 Å². The van der Waals surface area contributed by atoms with E-state index in [9.17, 15) is 26.7 Å². The summed E-state index contributed by atoms with van der Waals surface area (Å²) < 4.78 is 73.1. The van der Waals surface area contributed by atoms with Gasteiger partial charge in [-0.25, -0.2) is 18.7 Å². The van der Waals surface area contributed by atoms with Gasteiger partial charge in [0.2, 0.25) is 5.89 Å². The molecular formula is C15H16ClF5N4O2. The zero-order valence-electron chi connectivity index (χ0n) is 13.8. The number of alkyl halides is 4. The minimum absolute atomic E-state index is 0. The monoisotopic (exact) mass is 414 g/mol. The smallest absolute Gasteiger partial charge is 0.388 e. The molecule has 0 amide bonds. The first-order valence-electron chi connectivity index (χ1n) is 7.78. The van der Waals surface area contributed by atoms with Gasteiger partial charge in [0.05, 0.1) is 5.69 Å². The number of piperidine rings is 1. The summed E-state index contributed by atoms with van der Waals surface area (Å²) in [5.41, 5.74) is -4.08. The molecule has 0 saturated carbocycles. The molecule has 6 nitrogen and oxygen atoms in total. The summed E-state index contributed by atoms with van der Waals surface area (Å²) in [7, 11) is 0. The molecular weight excluding hydrogens is 399 g/mol. The molecule has 1 aromatic heterocycles. The van der Waals surface area contributed by atoms with Crippen LogP contribution >= 0.6 is 12.4 Å². The van der Waals surface area contributed by atoms with Crippen molar-refractivity contribution < 1.29 is 26.4 Å². The van der Waals surface area contributed by atoms with Crippen LogP contribution in [0.2, 0.25) is 0 Å². The maximum atomic E-state index is 14.7. The highest BCUT2D eigenvalue weighted by Crippen LogP contribution is 2.39. The Morgan fingerprint density at radius 3 is 2.48 bits per heavy atom. The SMILES string of the molecule is Cl.O=c1[nH]nc(-c2cc(F)c(C(F)(F)F)c(NCC3(F)CCNCC3)c2)o1. The Labute approximate surface area is 155 Å². The van der Waals surface area contributed by atoms with E-state index in [2.05, 4.69) is 20.1 Å². The molecule has 2 heterocycles. The molecule has 2 aromatic rings. The minimum Gasteiger partial charge on any atom is -0.388 e. The van der Waals surface area contributed by atoms with Gasteiger partial charge in [-0.15, -0.1) is 17.5 Å². The van der Waals surface area contributed by atoms with E-state index in [4.69, 9.17) is 0 Å². The first-order chi connectivity index (χ1) is 12.2.